The topological polar surface area (TPSA) is 112 Å². The van der Waals surface area contributed by atoms with Crippen molar-refractivity contribution in [2.45, 2.75) is 12.5 Å². The SMILES string of the molecule is COc1ccc(CCNCC(O)COc2cccc(N)c2N)cc1OC.Cl.Cl.Cl. The number of rotatable bonds is 10. The van der Waals surface area contributed by atoms with Crippen molar-refractivity contribution >= 4 is 48.6 Å². The number of nitrogens with two attached hydrogens (primary N) is 2. The van der Waals surface area contributed by atoms with Crippen molar-refractivity contribution in [2.75, 3.05) is 45.4 Å². The van der Waals surface area contributed by atoms with Gasteiger partial charge in [-0.25, -0.2) is 0 Å². The van der Waals surface area contributed by atoms with E-state index < -0.39 is 6.10 Å². The van der Waals surface area contributed by atoms with Gasteiger partial charge in [0.25, 0.3) is 0 Å². The maximum atomic E-state index is 10.0. The second-order valence-electron chi connectivity index (χ2n) is 5.87. The number of ether oxygens (including phenoxy) is 3. The molecule has 2 rings (SSSR count). The largest absolute Gasteiger partial charge is 0.493 e. The van der Waals surface area contributed by atoms with Crippen LogP contribution in [-0.2, 0) is 6.42 Å². The fraction of sp³-hybridized carbons (Fsp3) is 0.368. The number of hydrogen-bond donors (Lipinski definition) is 4. The lowest BCUT2D eigenvalue weighted by Crippen LogP contribution is -2.32. The van der Waals surface area contributed by atoms with Crippen LogP contribution in [-0.4, -0.2) is 45.1 Å². The molecule has 0 radical (unpaired) electrons. The number of benzene rings is 2. The van der Waals surface area contributed by atoms with Crippen molar-refractivity contribution < 1.29 is 19.3 Å². The highest BCUT2D eigenvalue weighted by Crippen LogP contribution is 2.28. The summed E-state index contributed by atoms with van der Waals surface area (Å²) < 4.78 is 16.0. The van der Waals surface area contributed by atoms with Gasteiger partial charge in [-0.15, -0.1) is 37.2 Å². The molecule has 2 aromatic carbocycles. The molecule has 0 aliphatic rings. The van der Waals surface area contributed by atoms with Gasteiger partial charge in [0.2, 0.25) is 0 Å². The molecule has 7 nitrogen and oxygen atoms in total. The van der Waals surface area contributed by atoms with Crippen LogP contribution in [0.2, 0.25) is 0 Å². The molecule has 0 amide bonds. The van der Waals surface area contributed by atoms with Gasteiger partial charge in [0.1, 0.15) is 18.5 Å². The van der Waals surface area contributed by atoms with E-state index in [0.29, 0.717) is 41.7 Å². The van der Waals surface area contributed by atoms with Crippen LogP contribution < -0.4 is 31.0 Å². The number of anilines is 2. The zero-order chi connectivity index (χ0) is 18.9. The Morgan fingerprint density at radius 1 is 0.966 bits per heavy atom. The summed E-state index contributed by atoms with van der Waals surface area (Å²) >= 11 is 0. The third-order valence-corrected chi connectivity index (χ3v) is 3.95. The van der Waals surface area contributed by atoms with E-state index in [1.165, 1.54) is 0 Å². The fourth-order valence-electron chi connectivity index (χ4n) is 2.47. The van der Waals surface area contributed by atoms with Crippen molar-refractivity contribution in [3.63, 3.8) is 0 Å². The summed E-state index contributed by atoms with van der Waals surface area (Å²) in [6.45, 7) is 1.26. The molecule has 29 heavy (non-hydrogen) atoms. The van der Waals surface area contributed by atoms with Crippen molar-refractivity contribution in [1.82, 2.24) is 5.32 Å². The van der Waals surface area contributed by atoms with Gasteiger partial charge in [-0.2, -0.15) is 0 Å². The van der Waals surface area contributed by atoms with Crippen LogP contribution in [0.5, 0.6) is 17.2 Å². The van der Waals surface area contributed by atoms with E-state index in [4.69, 9.17) is 25.7 Å². The highest BCUT2D eigenvalue weighted by atomic mass is 35.5. The predicted octanol–water partition coefficient (Wildman–Crippen LogP) is 2.71. The van der Waals surface area contributed by atoms with Gasteiger partial charge in [-0.1, -0.05) is 12.1 Å². The zero-order valence-electron chi connectivity index (χ0n) is 16.4. The lowest BCUT2D eigenvalue weighted by atomic mass is 10.1. The first kappa shape index (κ1) is 29.4. The molecule has 10 heteroatoms. The number of hydrogen-bond acceptors (Lipinski definition) is 7. The lowest BCUT2D eigenvalue weighted by Gasteiger charge is -2.15. The van der Waals surface area contributed by atoms with E-state index in [9.17, 15) is 5.11 Å². The summed E-state index contributed by atoms with van der Waals surface area (Å²) in [5.41, 5.74) is 13.5. The fourth-order valence-corrected chi connectivity index (χ4v) is 2.47. The highest BCUT2D eigenvalue weighted by molar-refractivity contribution is 5.86. The van der Waals surface area contributed by atoms with E-state index in [0.717, 1.165) is 12.0 Å². The van der Waals surface area contributed by atoms with E-state index in [1.807, 2.05) is 18.2 Å². The number of aliphatic hydroxyl groups is 1. The van der Waals surface area contributed by atoms with Crippen LogP contribution >= 0.6 is 37.2 Å². The first-order chi connectivity index (χ1) is 12.5. The Morgan fingerprint density at radius 3 is 2.31 bits per heavy atom. The minimum Gasteiger partial charge on any atom is -0.493 e. The van der Waals surface area contributed by atoms with Crippen LogP contribution in [0.3, 0.4) is 0 Å². The van der Waals surface area contributed by atoms with E-state index in [-0.39, 0.29) is 43.8 Å². The van der Waals surface area contributed by atoms with Crippen molar-refractivity contribution in [2.24, 2.45) is 0 Å². The minimum atomic E-state index is -0.652. The third kappa shape index (κ3) is 9.06. The van der Waals surface area contributed by atoms with Crippen LogP contribution in [0, 0.1) is 0 Å². The molecule has 1 unspecified atom stereocenters. The molecule has 0 saturated heterocycles. The van der Waals surface area contributed by atoms with Crippen LogP contribution in [0.1, 0.15) is 5.56 Å². The molecular formula is C19H30Cl3N3O4. The number of halogens is 3. The molecule has 0 aliphatic heterocycles. The molecule has 0 aromatic heterocycles. The second kappa shape index (κ2) is 15.1. The summed E-state index contributed by atoms with van der Waals surface area (Å²) in [4.78, 5) is 0. The first-order valence-corrected chi connectivity index (χ1v) is 8.41. The summed E-state index contributed by atoms with van der Waals surface area (Å²) in [5.74, 6) is 1.89. The average molecular weight is 471 g/mol. The Labute approximate surface area is 190 Å². The monoisotopic (exact) mass is 469 g/mol. The standard InChI is InChI=1S/C19H27N3O4.3ClH/c1-24-16-7-6-13(10-18(16)25-2)8-9-22-11-14(23)12-26-17-5-3-4-15(20)19(17)21;;;/h3-7,10,14,22-23H,8-9,11-12,20-21H2,1-2H3;3*1H. The quantitative estimate of drug-likeness (QED) is 0.312. The van der Waals surface area contributed by atoms with Gasteiger partial charge in [0, 0.05) is 6.54 Å². The molecule has 0 fully saturated rings. The maximum absolute atomic E-state index is 10.0. The summed E-state index contributed by atoms with van der Waals surface area (Å²) in [6.07, 6.45) is 0.150. The van der Waals surface area contributed by atoms with Gasteiger partial charge in [0.15, 0.2) is 11.5 Å². The highest BCUT2D eigenvalue weighted by Gasteiger charge is 2.09. The van der Waals surface area contributed by atoms with Gasteiger partial charge in [-0.3, -0.25) is 0 Å². The van der Waals surface area contributed by atoms with Gasteiger partial charge in [0.05, 0.1) is 25.6 Å². The van der Waals surface area contributed by atoms with Gasteiger partial charge in [-0.05, 0) is 42.8 Å². The second-order valence-corrected chi connectivity index (χ2v) is 5.87. The summed E-state index contributed by atoms with van der Waals surface area (Å²) in [7, 11) is 3.23. The molecule has 0 saturated carbocycles. The number of para-hydroxylation sites is 1. The van der Waals surface area contributed by atoms with Crippen LogP contribution in [0.15, 0.2) is 36.4 Å². The molecular weight excluding hydrogens is 441 g/mol. The molecule has 0 heterocycles. The van der Waals surface area contributed by atoms with Crippen molar-refractivity contribution in [3.8, 4) is 17.2 Å². The normalized spacial score (nSPS) is 10.6. The molecule has 1 atom stereocenters. The Bertz CT molecular complexity index is 723. The molecule has 0 aliphatic carbocycles. The summed E-state index contributed by atoms with van der Waals surface area (Å²) in [6, 6.07) is 11.0. The minimum absolute atomic E-state index is 0. The number of nitrogens with one attached hydrogen (secondary N) is 1. The maximum Gasteiger partial charge on any atom is 0.160 e. The number of aliphatic hydroxyl groups excluding tert-OH is 1. The Kier molecular flexibility index (Phi) is 15.3. The average Bonchev–Trinajstić information content (AvgIpc) is 2.66. The predicted molar refractivity (Wildman–Crippen MR) is 125 cm³/mol. The first-order valence-electron chi connectivity index (χ1n) is 8.41. The Balaban J connectivity index is 0. The molecule has 0 spiro atoms. The lowest BCUT2D eigenvalue weighted by molar-refractivity contribution is 0.107. The van der Waals surface area contributed by atoms with Crippen molar-refractivity contribution in [3.05, 3.63) is 42.0 Å². The Hall–Kier alpha value is -1.77. The number of methoxy groups -OCH3 is 2. The smallest absolute Gasteiger partial charge is 0.160 e. The zero-order valence-corrected chi connectivity index (χ0v) is 18.9. The van der Waals surface area contributed by atoms with Gasteiger partial charge < -0.3 is 36.1 Å². The molecule has 0 bridgehead atoms. The van der Waals surface area contributed by atoms with Gasteiger partial charge >= 0.3 is 0 Å². The van der Waals surface area contributed by atoms with E-state index in [1.54, 1.807) is 32.4 Å². The van der Waals surface area contributed by atoms with E-state index in [2.05, 4.69) is 5.32 Å². The summed E-state index contributed by atoms with van der Waals surface area (Å²) in [5, 5.41) is 13.2. The van der Waals surface area contributed by atoms with Crippen LogP contribution in [0.4, 0.5) is 11.4 Å². The molecule has 166 valence electrons. The molecule has 2 aromatic rings. The van der Waals surface area contributed by atoms with E-state index >= 15 is 0 Å². The van der Waals surface area contributed by atoms with Crippen LogP contribution in [0.25, 0.3) is 0 Å². The third-order valence-electron chi connectivity index (χ3n) is 3.95. The number of nitrogen functional groups attached to an aromatic ring is 2. The van der Waals surface area contributed by atoms with Crippen molar-refractivity contribution in [1.29, 1.82) is 0 Å². The Morgan fingerprint density at radius 2 is 1.66 bits per heavy atom. The molecule has 6 N–H and O–H groups in total.